The van der Waals surface area contributed by atoms with Crippen LogP contribution >= 0.6 is 0 Å². The molecule has 2 atom stereocenters. The second-order valence-corrected chi connectivity index (χ2v) is 9.40. The number of nitrogens with zero attached hydrogens (tertiary/aromatic N) is 1. The largest absolute Gasteiger partial charge is 0.366 e. The molecule has 3 amide bonds. The van der Waals surface area contributed by atoms with Crippen molar-refractivity contribution in [1.29, 1.82) is 0 Å². The maximum atomic E-state index is 13.5. The highest BCUT2D eigenvalue weighted by molar-refractivity contribution is 6.15. The summed E-state index contributed by atoms with van der Waals surface area (Å²) in [6.07, 6.45) is 3.07. The van der Waals surface area contributed by atoms with E-state index in [1.807, 2.05) is 54.6 Å². The average Bonchev–Trinajstić information content (AvgIpc) is 3.22. The molecular formula is C28H29N5O3. The van der Waals surface area contributed by atoms with E-state index in [0.29, 0.717) is 23.9 Å². The van der Waals surface area contributed by atoms with Crippen molar-refractivity contribution in [1.82, 2.24) is 15.4 Å². The van der Waals surface area contributed by atoms with Crippen molar-refractivity contribution in [3.63, 3.8) is 0 Å². The lowest BCUT2D eigenvalue weighted by Crippen LogP contribution is -2.47. The lowest BCUT2D eigenvalue weighted by atomic mass is 9.86. The van der Waals surface area contributed by atoms with Gasteiger partial charge in [-0.15, -0.1) is 0 Å². The molecule has 1 unspecified atom stereocenters. The molecule has 1 aliphatic carbocycles. The number of amides is 3. The van der Waals surface area contributed by atoms with Crippen LogP contribution in [0.3, 0.4) is 0 Å². The van der Waals surface area contributed by atoms with Gasteiger partial charge in [0, 0.05) is 29.4 Å². The number of benzene rings is 3. The molecule has 1 saturated carbocycles. The zero-order valence-electron chi connectivity index (χ0n) is 19.9. The van der Waals surface area contributed by atoms with E-state index in [1.54, 1.807) is 16.7 Å². The number of hydrazine groups is 1. The van der Waals surface area contributed by atoms with Gasteiger partial charge in [0.2, 0.25) is 5.91 Å². The van der Waals surface area contributed by atoms with Crippen molar-refractivity contribution < 1.29 is 14.4 Å². The normalized spacial score (nSPS) is 17.7. The van der Waals surface area contributed by atoms with Crippen molar-refractivity contribution in [2.24, 2.45) is 17.4 Å². The summed E-state index contributed by atoms with van der Waals surface area (Å²) >= 11 is 0. The molecule has 1 heterocycles. The van der Waals surface area contributed by atoms with Crippen molar-refractivity contribution in [2.75, 3.05) is 0 Å². The van der Waals surface area contributed by atoms with Gasteiger partial charge < -0.3 is 16.0 Å². The van der Waals surface area contributed by atoms with E-state index < -0.39 is 11.8 Å². The first-order valence-electron chi connectivity index (χ1n) is 12.2. The van der Waals surface area contributed by atoms with Crippen LogP contribution < -0.4 is 22.3 Å². The third-order valence-electron chi connectivity index (χ3n) is 7.03. The number of aromatic nitrogens is 1. The molecule has 1 aliphatic rings. The van der Waals surface area contributed by atoms with E-state index in [1.165, 1.54) is 0 Å². The maximum absolute atomic E-state index is 13.5. The minimum absolute atomic E-state index is 0.0186. The molecule has 36 heavy (non-hydrogen) atoms. The van der Waals surface area contributed by atoms with Crippen LogP contribution in [0.5, 0.6) is 0 Å². The van der Waals surface area contributed by atoms with E-state index in [0.717, 1.165) is 35.6 Å². The standard InChI is InChI=1S/C28H29N5O3/c29-20-11-6-9-18(15-20)27(35)31-32-28(36)25-24(26(30)34)22-13-3-4-14-23(22)33(25)16-19-10-5-8-17-7-1-2-12-21(17)19/h1-5,7-8,10,12-14,18,20H,6,9,11,15-16,29H2,(H2,30,34)(H,31,35)(H,32,36)/t18?,20-/m1/s1. The summed E-state index contributed by atoms with van der Waals surface area (Å²) in [5.41, 5.74) is 18.8. The van der Waals surface area contributed by atoms with Crippen LogP contribution in [0.4, 0.5) is 0 Å². The highest BCUT2D eigenvalue weighted by Crippen LogP contribution is 2.29. The van der Waals surface area contributed by atoms with Gasteiger partial charge in [-0.3, -0.25) is 25.2 Å². The first-order chi connectivity index (χ1) is 17.4. The summed E-state index contributed by atoms with van der Waals surface area (Å²) in [4.78, 5) is 38.8. The Hall–Kier alpha value is -4.17. The van der Waals surface area contributed by atoms with Gasteiger partial charge in [0.1, 0.15) is 5.69 Å². The lowest BCUT2D eigenvalue weighted by molar-refractivity contribution is -0.126. The Morgan fingerprint density at radius 2 is 1.61 bits per heavy atom. The van der Waals surface area contributed by atoms with Crippen LogP contribution in [0.2, 0.25) is 0 Å². The summed E-state index contributed by atoms with van der Waals surface area (Å²) in [5.74, 6) is -1.85. The molecule has 1 fully saturated rings. The third kappa shape index (κ3) is 4.43. The molecule has 0 bridgehead atoms. The van der Waals surface area contributed by atoms with Gasteiger partial charge in [0.15, 0.2) is 0 Å². The Labute approximate surface area is 208 Å². The van der Waals surface area contributed by atoms with Crippen LogP contribution in [0, 0.1) is 5.92 Å². The minimum atomic E-state index is -0.711. The van der Waals surface area contributed by atoms with Gasteiger partial charge in [0.25, 0.3) is 11.8 Å². The number of rotatable bonds is 5. The topological polar surface area (TPSA) is 132 Å². The highest BCUT2D eigenvalue weighted by atomic mass is 16.2. The summed E-state index contributed by atoms with van der Waals surface area (Å²) < 4.78 is 1.79. The Morgan fingerprint density at radius 1 is 0.889 bits per heavy atom. The van der Waals surface area contributed by atoms with Crippen LogP contribution in [0.25, 0.3) is 21.7 Å². The minimum Gasteiger partial charge on any atom is -0.366 e. The monoisotopic (exact) mass is 483 g/mol. The van der Waals surface area contributed by atoms with Crippen LogP contribution in [-0.2, 0) is 11.3 Å². The summed E-state index contributed by atoms with van der Waals surface area (Å²) in [6, 6.07) is 21.2. The number of primary amides is 1. The molecule has 0 saturated heterocycles. The molecule has 6 N–H and O–H groups in total. The number of hydrogen-bond donors (Lipinski definition) is 4. The van der Waals surface area contributed by atoms with E-state index >= 15 is 0 Å². The Balaban J connectivity index is 1.53. The van der Waals surface area contributed by atoms with Gasteiger partial charge in [-0.25, -0.2) is 0 Å². The summed E-state index contributed by atoms with van der Waals surface area (Å²) in [6.45, 7) is 0.337. The van der Waals surface area contributed by atoms with Crippen molar-refractivity contribution in [3.05, 3.63) is 83.6 Å². The Morgan fingerprint density at radius 3 is 2.39 bits per heavy atom. The molecule has 1 aromatic heterocycles. The molecule has 8 nitrogen and oxygen atoms in total. The van der Waals surface area contributed by atoms with Crippen LogP contribution in [0.15, 0.2) is 66.7 Å². The molecule has 4 aromatic rings. The molecule has 0 aliphatic heterocycles. The van der Waals surface area contributed by atoms with Gasteiger partial charge >= 0.3 is 0 Å². The number of fused-ring (bicyclic) bond motifs is 2. The second kappa shape index (κ2) is 9.83. The maximum Gasteiger partial charge on any atom is 0.287 e. The lowest BCUT2D eigenvalue weighted by Gasteiger charge is -2.25. The average molecular weight is 484 g/mol. The number of nitrogens with two attached hydrogens (primary N) is 2. The fourth-order valence-corrected chi connectivity index (χ4v) is 5.30. The van der Waals surface area contributed by atoms with E-state index in [4.69, 9.17) is 11.5 Å². The van der Waals surface area contributed by atoms with Crippen molar-refractivity contribution in [3.8, 4) is 0 Å². The molecule has 5 rings (SSSR count). The zero-order chi connectivity index (χ0) is 25.2. The highest BCUT2D eigenvalue weighted by Gasteiger charge is 2.29. The smallest absolute Gasteiger partial charge is 0.287 e. The zero-order valence-corrected chi connectivity index (χ0v) is 19.9. The van der Waals surface area contributed by atoms with Crippen molar-refractivity contribution in [2.45, 2.75) is 38.3 Å². The number of carbonyl (C=O) groups is 3. The predicted octanol–water partition coefficient (Wildman–Crippen LogP) is 3.22. The molecule has 184 valence electrons. The number of carbonyl (C=O) groups excluding carboxylic acids is 3. The molecular weight excluding hydrogens is 454 g/mol. The molecule has 8 heteroatoms. The molecule has 0 spiro atoms. The van der Waals surface area contributed by atoms with Gasteiger partial charge in [-0.1, -0.05) is 67.1 Å². The quantitative estimate of drug-likeness (QED) is 0.325. The van der Waals surface area contributed by atoms with Crippen molar-refractivity contribution >= 4 is 39.4 Å². The van der Waals surface area contributed by atoms with E-state index in [9.17, 15) is 14.4 Å². The number of hydrogen-bond acceptors (Lipinski definition) is 4. The fourth-order valence-electron chi connectivity index (χ4n) is 5.30. The van der Waals surface area contributed by atoms with E-state index in [-0.39, 0.29) is 29.1 Å². The van der Waals surface area contributed by atoms with E-state index in [2.05, 4.69) is 10.9 Å². The first kappa shape index (κ1) is 23.6. The van der Waals surface area contributed by atoms with Gasteiger partial charge in [-0.05, 0) is 41.7 Å². The predicted molar refractivity (Wildman–Crippen MR) is 139 cm³/mol. The van der Waals surface area contributed by atoms with Gasteiger partial charge in [-0.2, -0.15) is 0 Å². The molecule has 0 radical (unpaired) electrons. The summed E-state index contributed by atoms with van der Waals surface area (Å²) in [5, 5.41) is 2.71. The Kier molecular flexibility index (Phi) is 6.43. The first-order valence-corrected chi connectivity index (χ1v) is 12.2. The van der Waals surface area contributed by atoms with Crippen LogP contribution in [-0.4, -0.2) is 28.3 Å². The van der Waals surface area contributed by atoms with Crippen LogP contribution in [0.1, 0.15) is 52.1 Å². The third-order valence-corrected chi connectivity index (χ3v) is 7.03. The second-order valence-electron chi connectivity index (χ2n) is 9.40. The molecule has 3 aromatic carbocycles. The van der Waals surface area contributed by atoms with Gasteiger partial charge in [0.05, 0.1) is 5.56 Å². The number of para-hydroxylation sites is 1. The fraction of sp³-hybridized carbons (Fsp3) is 0.250. The summed E-state index contributed by atoms with van der Waals surface area (Å²) in [7, 11) is 0. The SMILES string of the molecule is NC(=O)c1c(C(=O)NNC(=O)C2CCC[C@@H](N)C2)n(Cc2cccc3ccccc23)c2ccccc12. The Bertz CT molecular complexity index is 1470. The number of nitrogens with one attached hydrogen (secondary N) is 2.